The molecule has 1 aliphatic carbocycles. The van der Waals surface area contributed by atoms with Crippen molar-refractivity contribution in [3.63, 3.8) is 0 Å². The maximum atomic E-state index is 13.0. The minimum Gasteiger partial charge on any atom is -0.493 e. The van der Waals surface area contributed by atoms with Gasteiger partial charge in [-0.1, -0.05) is 30.3 Å². The lowest BCUT2D eigenvalue weighted by atomic mass is 10.1. The zero-order chi connectivity index (χ0) is 18.5. The van der Waals surface area contributed by atoms with Gasteiger partial charge in [-0.3, -0.25) is 9.59 Å². The van der Waals surface area contributed by atoms with Crippen molar-refractivity contribution in [2.75, 3.05) is 13.7 Å². The Balaban J connectivity index is 1.79. The van der Waals surface area contributed by atoms with Crippen LogP contribution in [0.5, 0.6) is 11.5 Å². The second-order valence-corrected chi connectivity index (χ2v) is 6.27. The highest BCUT2D eigenvalue weighted by Crippen LogP contribution is 2.32. The lowest BCUT2D eigenvalue weighted by Crippen LogP contribution is -2.32. The molecule has 2 aromatic rings. The zero-order valence-electron chi connectivity index (χ0n) is 14.7. The van der Waals surface area contributed by atoms with Crippen molar-refractivity contribution in [1.82, 2.24) is 4.90 Å². The van der Waals surface area contributed by atoms with Crippen molar-refractivity contribution in [1.29, 1.82) is 0 Å². The molecule has 26 heavy (non-hydrogen) atoms. The molecule has 0 aliphatic heterocycles. The third kappa shape index (κ3) is 4.33. The molecule has 0 heterocycles. The van der Waals surface area contributed by atoms with Crippen molar-refractivity contribution < 1.29 is 19.1 Å². The number of nitrogens with two attached hydrogens (primary N) is 1. The van der Waals surface area contributed by atoms with Crippen LogP contribution in [-0.4, -0.2) is 36.5 Å². The molecule has 0 aromatic heterocycles. The van der Waals surface area contributed by atoms with E-state index in [-0.39, 0.29) is 18.6 Å². The predicted molar refractivity (Wildman–Crippen MR) is 97.0 cm³/mol. The summed E-state index contributed by atoms with van der Waals surface area (Å²) in [5, 5.41) is 0. The molecule has 0 atom stereocenters. The number of ether oxygens (including phenoxy) is 2. The fourth-order valence-electron chi connectivity index (χ4n) is 2.77. The molecule has 3 rings (SSSR count). The van der Waals surface area contributed by atoms with Crippen molar-refractivity contribution in [2.24, 2.45) is 5.73 Å². The first-order chi connectivity index (χ1) is 12.6. The first-order valence-corrected chi connectivity index (χ1v) is 8.52. The number of carbonyl (C=O) groups excluding carboxylic acids is 2. The summed E-state index contributed by atoms with van der Waals surface area (Å²) in [6, 6.07) is 15.2. The van der Waals surface area contributed by atoms with Gasteiger partial charge in [0.15, 0.2) is 18.1 Å². The van der Waals surface area contributed by atoms with Crippen LogP contribution in [0.15, 0.2) is 48.5 Å². The Kier molecular flexibility index (Phi) is 5.41. The lowest BCUT2D eigenvalue weighted by molar-refractivity contribution is -0.119. The number of rotatable bonds is 8. The topological polar surface area (TPSA) is 81.9 Å². The van der Waals surface area contributed by atoms with Gasteiger partial charge in [0.2, 0.25) is 0 Å². The SMILES string of the molecule is COc1cc(C(=O)N(Cc2ccccc2)C2CC2)ccc1OCC(N)=O. The molecule has 6 nitrogen and oxygen atoms in total. The van der Waals surface area contributed by atoms with Gasteiger partial charge in [0.05, 0.1) is 7.11 Å². The molecule has 136 valence electrons. The van der Waals surface area contributed by atoms with Gasteiger partial charge in [0.25, 0.3) is 11.8 Å². The van der Waals surface area contributed by atoms with Gasteiger partial charge >= 0.3 is 0 Å². The molecule has 2 aromatic carbocycles. The molecule has 0 spiro atoms. The Hall–Kier alpha value is -3.02. The van der Waals surface area contributed by atoms with Crippen molar-refractivity contribution >= 4 is 11.8 Å². The highest BCUT2D eigenvalue weighted by atomic mass is 16.5. The van der Waals surface area contributed by atoms with Gasteiger partial charge in [-0.05, 0) is 36.6 Å². The van der Waals surface area contributed by atoms with E-state index in [1.54, 1.807) is 18.2 Å². The molecule has 0 radical (unpaired) electrons. The molecule has 1 saturated carbocycles. The van der Waals surface area contributed by atoms with Gasteiger partial charge in [0, 0.05) is 18.2 Å². The number of hydrogen-bond acceptors (Lipinski definition) is 4. The van der Waals surface area contributed by atoms with Crippen LogP contribution in [0.3, 0.4) is 0 Å². The summed E-state index contributed by atoms with van der Waals surface area (Å²) in [4.78, 5) is 25.8. The average Bonchev–Trinajstić information content (AvgIpc) is 3.49. The Bertz CT molecular complexity index is 788. The first kappa shape index (κ1) is 17.8. The molecule has 2 N–H and O–H groups in total. The van der Waals surface area contributed by atoms with E-state index in [2.05, 4.69) is 0 Å². The summed E-state index contributed by atoms with van der Waals surface area (Å²) in [7, 11) is 1.49. The number of methoxy groups -OCH3 is 1. The Labute approximate surface area is 152 Å². The van der Waals surface area contributed by atoms with Crippen LogP contribution in [0.25, 0.3) is 0 Å². The van der Waals surface area contributed by atoms with Crippen LogP contribution in [0.2, 0.25) is 0 Å². The Morgan fingerprint density at radius 1 is 1.12 bits per heavy atom. The van der Waals surface area contributed by atoms with Gasteiger partial charge in [0.1, 0.15) is 0 Å². The van der Waals surface area contributed by atoms with Crippen molar-refractivity contribution in [2.45, 2.75) is 25.4 Å². The summed E-state index contributed by atoms with van der Waals surface area (Å²) < 4.78 is 10.6. The van der Waals surface area contributed by atoms with Gasteiger partial charge in [-0.15, -0.1) is 0 Å². The maximum absolute atomic E-state index is 13.0. The lowest BCUT2D eigenvalue weighted by Gasteiger charge is -2.23. The fourth-order valence-corrected chi connectivity index (χ4v) is 2.77. The van der Waals surface area contributed by atoms with Crippen LogP contribution in [0.1, 0.15) is 28.8 Å². The van der Waals surface area contributed by atoms with Gasteiger partial charge in [-0.2, -0.15) is 0 Å². The summed E-state index contributed by atoms with van der Waals surface area (Å²) in [6.07, 6.45) is 2.05. The van der Waals surface area contributed by atoms with E-state index >= 15 is 0 Å². The van der Waals surface area contributed by atoms with E-state index in [0.717, 1.165) is 18.4 Å². The maximum Gasteiger partial charge on any atom is 0.255 e. The monoisotopic (exact) mass is 354 g/mol. The molecule has 0 unspecified atom stereocenters. The van der Waals surface area contributed by atoms with Gasteiger partial charge < -0.3 is 20.1 Å². The normalized spacial score (nSPS) is 13.1. The molecule has 2 amide bonds. The Morgan fingerprint density at radius 3 is 2.46 bits per heavy atom. The number of benzene rings is 2. The molecule has 0 saturated heterocycles. The molecule has 6 heteroatoms. The van der Waals surface area contributed by atoms with E-state index in [1.807, 2.05) is 35.2 Å². The molecule has 1 fully saturated rings. The summed E-state index contributed by atoms with van der Waals surface area (Å²) in [6.45, 7) is 0.332. The van der Waals surface area contributed by atoms with Crippen LogP contribution in [0.4, 0.5) is 0 Å². The highest BCUT2D eigenvalue weighted by molar-refractivity contribution is 5.95. The number of carbonyl (C=O) groups is 2. The summed E-state index contributed by atoms with van der Waals surface area (Å²) in [5.74, 6) is 0.155. The predicted octanol–water partition coefficient (Wildman–Crippen LogP) is 2.36. The van der Waals surface area contributed by atoms with Crippen LogP contribution in [0, 0.1) is 0 Å². The van der Waals surface area contributed by atoms with E-state index < -0.39 is 5.91 Å². The second kappa shape index (κ2) is 7.91. The fraction of sp³-hybridized carbons (Fsp3) is 0.300. The van der Waals surface area contributed by atoms with Crippen LogP contribution < -0.4 is 15.2 Å². The third-order valence-electron chi connectivity index (χ3n) is 4.22. The van der Waals surface area contributed by atoms with Crippen molar-refractivity contribution in [3.05, 3.63) is 59.7 Å². The largest absolute Gasteiger partial charge is 0.493 e. The molecular formula is C20H22N2O4. The number of nitrogens with zero attached hydrogens (tertiary/aromatic N) is 1. The third-order valence-corrected chi connectivity index (χ3v) is 4.22. The average molecular weight is 354 g/mol. The number of amides is 2. The number of hydrogen-bond donors (Lipinski definition) is 1. The zero-order valence-corrected chi connectivity index (χ0v) is 14.7. The van der Waals surface area contributed by atoms with E-state index in [0.29, 0.717) is 23.6 Å². The minimum absolute atomic E-state index is 0.0453. The van der Waals surface area contributed by atoms with E-state index in [1.165, 1.54) is 7.11 Å². The molecular weight excluding hydrogens is 332 g/mol. The van der Waals surface area contributed by atoms with E-state index in [4.69, 9.17) is 15.2 Å². The first-order valence-electron chi connectivity index (χ1n) is 8.52. The van der Waals surface area contributed by atoms with E-state index in [9.17, 15) is 9.59 Å². The quantitative estimate of drug-likeness (QED) is 0.789. The highest BCUT2D eigenvalue weighted by Gasteiger charge is 2.33. The van der Waals surface area contributed by atoms with Crippen LogP contribution in [-0.2, 0) is 11.3 Å². The summed E-state index contributed by atoms with van der Waals surface area (Å²) in [5.41, 5.74) is 6.72. The Morgan fingerprint density at radius 2 is 1.85 bits per heavy atom. The molecule has 0 bridgehead atoms. The molecule has 1 aliphatic rings. The smallest absolute Gasteiger partial charge is 0.255 e. The standard InChI is InChI=1S/C20H22N2O4/c1-25-18-11-15(7-10-17(18)26-13-19(21)23)20(24)22(16-8-9-16)12-14-5-3-2-4-6-14/h2-7,10-11,16H,8-9,12-13H2,1H3,(H2,21,23). The van der Waals surface area contributed by atoms with Crippen LogP contribution >= 0.6 is 0 Å². The number of primary amides is 1. The summed E-state index contributed by atoms with van der Waals surface area (Å²) >= 11 is 0. The minimum atomic E-state index is -0.574. The van der Waals surface area contributed by atoms with Crippen molar-refractivity contribution in [3.8, 4) is 11.5 Å². The van der Waals surface area contributed by atoms with Gasteiger partial charge in [-0.25, -0.2) is 0 Å². The second-order valence-electron chi connectivity index (χ2n) is 6.27.